The zero-order chi connectivity index (χ0) is 12.1. The number of fused-ring (bicyclic) bond motifs is 2. The summed E-state index contributed by atoms with van der Waals surface area (Å²) in [7, 11) is 0. The van der Waals surface area contributed by atoms with Crippen LogP contribution < -0.4 is 0 Å². The van der Waals surface area contributed by atoms with Gasteiger partial charge in [0.1, 0.15) is 0 Å². The quantitative estimate of drug-likeness (QED) is 0.792. The zero-order valence-corrected chi connectivity index (χ0v) is 10.4. The van der Waals surface area contributed by atoms with Crippen molar-refractivity contribution in [3.05, 3.63) is 12.4 Å². The van der Waals surface area contributed by atoms with Crippen LogP contribution >= 0.6 is 0 Å². The molecule has 0 N–H and O–H groups in total. The van der Waals surface area contributed by atoms with Crippen molar-refractivity contribution in [2.24, 2.45) is 5.92 Å². The third-order valence-electron chi connectivity index (χ3n) is 4.65. The molecule has 18 heavy (non-hydrogen) atoms. The summed E-state index contributed by atoms with van der Waals surface area (Å²) in [6.45, 7) is 0. The predicted octanol–water partition coefficient (Wildman–Crippen LogP) is 1.38. The zero-order valence-electron chi connectivity index (χ0n) is 10.4. The first-order valence-corrected chi connectivity index (χ1v) is 7.01. The molecule has 3 fully saturated rings. The summed E-state index contributed by atoms with van der Waals surface area (Å²) in [6, 6.07) is 1.27. The molecule has 2 bridgehead atoms. The third kappa shape index (κ3) is 1.56. The average molecular weight is 246 g/mol. The van der Waals surface area contributed by atoms with Crippen LogP contribution in [0.15, 0.2) is 12.4 Å². The van der Waals surface area contributed by atoms with E-state index >= 15 is 0 Å². The molecule has 3 heterocycles. The van der Waals surface area contributed by atoms with E-state index in [1.165, 1.54) is 12.8 Å². The molecular formula is C13H18N4O. The highest BCUT2D eigenvalue weighted by Crippen LogP contribution is 2.43. The molecule has 0 spiro atoms. The summed E-state index contributed by atoms with van der Waals surface area (Å²) in [5.74, 6) is 0.779. The standard InChI is InChI=1S/C13H18N4O/c18-13(9-1-2-9)16-10-3-4-11(16)8-12(7-10)17-14-5-6-15-17/h5-6,9-12H,1-4,7-8H2. The number of hydrogen-bond donors (Lipinski definition) is 0. The monoisotopic (exact) mass is 246 g/mol. The molecule has 2 aliphatic heterocycles. The van der Waals surface area contributed by atoms with Gasteiger partial charge in [0.25, 0.3) is 0 Å². The minimum Gasteiger partial charge on any atom is -0.336 e. The van der Waals surface area contributed by atoms with Gasteiger partial charge in [0.2, 0.25) is 5.91 Å². The Hall–Kier alpha value is -1.39. The molecule has 96 valence electrons. The largest absolute Gasteiger partial charge is 0.336 e. The Kier molecular flexibility index (Phi) is 2.22. The summed E-state index contributed by atoms with van der Waals surface area (Å²) in [5.41, 5.74) is 0. The van der Waals surface area contributed by atoms with Crippen LogP contribution in [0.25, 0.3) is 0 Å². The van der Waals surface area contributed by atoms with Gasteiger partial charge in [-0.3, -0.25) is 4.79 Å². The Bertz CT molecular complexity index is 440. The number of carbonyl (C=O) groups excluding carboxylic acids is 1. The second kappa shape index (κ2) is 3.80. The van der Waals surface area contributed by atoms with Crippen molar-refractivity contribution in [1.82, 2.24) is 19.9 Å². The van der Waals surface area contributed by atoms with Gasteiger partial charge in [-0.25, -0.2) is 0 Å². The number of rotatable bonds is 2. The van der Waals surface area contributed by atoms with Gasteiger partial charge in [0.05, 0.1) is 18.4 Å². The lowest BCUT2D eigenvalue weighted by atomic mass is 9.97. The molecule has 1 aliphatic carbocycles. The highest BCUT2D eigenvalue weighted by molar-refractivity contribution is 5.82. The van der Waals surface area contributed by atoms with E-state index in [0.717, 1.165) is 25.7 Å². The van der Waals surface area contributed by atoms with Gasteiger partial charge in [0, 0.05) is 18.0 Å². The minimum atomic E-state index is 0.354. The molecule has 1 saturated carbocycles. The lowest BCUT2D eigenvalue weighted by Gasteiger charge is -2.38. The number of aromatic nitrogens is 3. The topological polar surface area (TPSA) is 51.0 Å². The lowest BCUT2D eigenvalue weighted by Crippen LogP contribution is -2.47. The second-order valence-electron chi connectivity index (χ2n) is 5.88. The molecule has 2 saturated heterocycles. The molecule has 0 radical (unpaired) electrons. The fourth-order valence-electron chi connectivity index (χ4n) is 3.65. The molecule has 2 unspecified atom stereocenters. The first-order valence-electron chi connectivity index (χ1n) is 7.01. The van der Waals surface area contributed by atoms with Crippen LogP contribution in [0.3, 0.4) is 0 Å². The summed E-state index contributed by atoms with van der Waals surface area (Å²) in [6.07, 6.45) is 10.1. The van der Waals surface area contributed by atoms with E-state index in [-0.39, 0.29) is 0 Å². The number of carbonyl (C=O) groups is 1. The highest BCUT2D eigenvalue weighted by Gasteiger charge is 2.47. The first kappa shape index (κ1) is 10.5. The molecular weight excluding hydrogens is 228 g/mol. The van der Waals surface area contributed by atoms with Crippen LogP contribution in [0, 0.1) is 5.92 Å². The molecule has 1 aromatic heterocycles. The van der Waals surface area contributed by atoms with E-state index in [4.69, 9.17) is 0 Å². The van der Waals surface area contributed by atoms with Crippen LogP contribution in [-0.4, -0.2) is 37.9 Å². The average Bonchev–Trinajstić information content (AvgIpc) is 3.02. The smallest absolute Gasteiger partial charge is 0.226 e. The van der Waals surface area contributed by atoms with Gasteiger partial charge in [0.15, 0.2) is 0 Å². The van der Waals surface area contributed by atoms with Crippen LogP contribution in [-0.2, 0) is 4.79 Å². The Morgan fingerprint density at radius 3 is 2.11 bits per heavy atom. The minimum absolute atomic E-state index is 0.354. The van der Waals surface area contributed by atoms with Crippen molar-refractivity contribution in [2.45, 2.75) is 56.7 Å². The SMILES string of the molecule is O=C(C1CC1)N1C2CCC1CC(n1nccn1)C2. The number of hydrogen-bond acceptors (Lipinski definition) is 3. The Labute approximate surface area is 106 Å². The number of amides is 1. The van der Waals surface area contributed by atoms with E-state index in [9.17, 15) is 4.79 Å². The highest BCUT2D eigenvalue weighted by atomic mass is 16.2. The van der Waals surface area contributed by atoms with Gasteiger partial charge in [-0.15, -0.1) is 0 Å². The molecule has 5 nitrogen and oxygen atoms in total. The van der Waals surface area contributed by atoms with Crippen molar-refractivity contribution < 1.29 is 4.79 Å². The molecule has 1 amide bonds. The van der Waals surface area contributed by atoms with Crippen molar-refractivity contribution >= 4 is 5.91 Å². The van der Waals surface area contributed by atoms with E-state index in [1.54, 1.807) is 12.4 Å². The summed E-state index contributed by atoms with van der Waals surface area (Å²) in [4.78, 5) is 16.3. The van der Waals surface area contributed by atoms with E-state index in [1.807, 2.05) is 4.80 Å². The van der Waals surface area contributed by atoms with Crippen LogP contribution in [0.2, 0.25) is 0 Å². The second-order valence-corrected chi connectivity index (χ2v) is 5.88. The van der Waals surface area contributed by atoms with Crippen molar-refractivity contribution in [3.8, 4) is 0 Å². The molecule has 0 aromatic carbocycles. The van der Waals surface area contributed by atoms with Gasteiger partial charge >= 0.3 is 0 Å². The van der Waals surface area contributed by atoms with Gasteiger partial charge in [-0.1, -0.05) is 0 Å². The van der Waals surface area contributed by atoms with Crippen LogP contribution in [0.4, 0.5) is 0 Å². The maximum absolute atomic E-state index is 12.3. The number of nitrogens with zero attached hydrogens (tertiary/aromatic N) is 4. The van der Waals surface area contributed by atoms with Crippen molar-refractivity contribution in [3.63, 3.8) is 0 Å². The fraction of sp³-hybridized carbons (Fsp3) is 0.769. The Morgan fingerprint density at radius 2 is 1.56 bits per heavy atom. The molecule has 3 aliphatic rings. The van der Waals surface area contributed by atoms with Gasteiger partial charge < -0.3 is 4.90 Å². The predicted molar refractivity (Wildman–Crippen MR) is 64.7 cm³/mol. The van der Waals surface area contributed by atoms with Crippen molar-refractivity contribution in [1.29, 1.82) is 0 Å². The van der Waals surface area contributed by atoms with Crippen molar-refractivity contribution in [2.75, 3.05) is 0 Å². The van der Waals surface area contributed by atoms with Crippen LogP contribution in [0.5, 0.6) is 0 Å². The maximum Gasteiger partial charge on any atom is 0.226 e. The molecule has 4 rings (SSSR count). The van der Waals surface area contributed by atoms with E-state index < -0.39 is 0 Å². The molecule has 1 aromatic rings. The maximum atomic E-state index is 12.3. The first-order chi connectivity index (χ1) is 8.83. The number of piperidine rings is 1. The van der Waals surface area contributed by atoms with E-state index in [0.29, 0.717) is 30.0 Å². The van der Waals surface area contributed by atoms with Gasteiger partial charge in [-0.05, 0) is 38.5 Å². The van der Waals surface area contributed by atoms with Gasteiger partial charge in [-0.2, -0.15) is 15.0 Å². The fourth-order valence-corrected chi connectivity index (χ4v) is 3.65. The summed E-state index contributed by atoms with van der Waals surface area (Å²) >= 11 is 0. The summed E-state index contributed by atoms with van der Waals surface area (Å²) < 4.78 is 0. The normalized spacial score (nSPS) is 34.9. The molecule has 5 heteroatoms. The summed E-state index contributed by atoms with van der Waals surface area (Å²) in [5, 5.41) is 8.51. The lowest BCUT2D eigenvalue weighted by molar-refractivity contribution is -0.137. The van der Waals surface area contributed by atoms with E-state index in [2.05, 4.69) is 15.1 Å². The Morgan fingerprint density at radius 1 is 0.944 bits per heavy atom. The third-order valence-corrected chi connectivity index (χ3v) is 4.65. The Balaban J connectivity index is 1.53. The van der Waals surface area contributed by atoms with Crippen LogP contribution in [0.1, 0.15) is 44.6 Å². The molecule has 2 atom stereocenters.